The van der Waals surface area contributed by atoms with Crippen molar-refractivity contribution in [3.8, 4) is 5.75 Å². The van der Waals surface area contributed by atoms with E-state index >= 15 is 0 Å². The van der Waals surface area contributed by atoms with Gasteiger partial charge in [-0.25, -0.2) is 0 Å². The van der Waals surface area contributed by atoms with E-state index in [1.807, 2.05) is 6.07 Å². The highest BCUT2D eigenvalue weighted by atomic mass is 35.5. The molecule has 0 saturated carbocycles. The zero-order valence-electron chi connectivity index (χ0n) is 6.23. The number of hydrogen-bond acceptors (Lipinski definition) is 2. The summed E-state index contributed by atoms with van der Waals surface area (Å²) in [5, 5.41) is 0.482. The fourth-order valence-electron chi connectivity index (χ4n) is 0.770. The number of rotatable bonds is 2. The first-order valence-corrected chi connectivity index (χ1v) is 3.60. The summed E-state index contributed by atoms with van der Waals surface area (Å²) in [4.78, 5) is 0. The van der Waals surface area contributed by atoms with Crippen LogP contribution >= 0.6 is 11.6 Å². The predicted octanol–water partition coefficient (Wildman–Crippen LogP) is 1.61. The van der Waals surface area contributed by atoms with Gasteiger partial charge < -0.3 is 10.5 Å². The summed E-state index contributed by atoms with van der Waals surface area (Å²) in [7, 11) is 1.57. The highest BCUT2D eigenvalue weighted by Crippen LogP contribution is 2.23. The van der Waals surface area contributed by atoms with Gasteiger partial charge in [-0.2, -0.15) is 0 Å². The van der Waals surface area contributed by atoms with Crippen molar-refractivity contribution in [1.29, 1.82) is 0 Å². The number of benzene rings is 1. The Morgan fingerprint density at radius 1 is 1.64 bits per heavy atom. The molecule has 11 heavy (non-hydrogen) atoms. The minimum Gasteiger partial charge on any atom is -0.495 e. The first-order chi connectivity index (χ1) is 5.27. The molecule has 3 heteroatoms. The number of nitrogens with two attached hydrogens (primary N) is 1. The smallest absolute Gasteiger partial charge is 0.138 e. The van der Waals surface area contributed by atoms with E-state index in [-0.39, 0.29) is 0 Å². The molecule has 0 aromatic heterocycles. The fourth-order valence-corrected chi connectivity index (χ4v) is 1.03. The molecular formula is C8H9ClNO. The molecule has 1 aromatic carbocycles. The van der Waals surface area contributed by atoms with Crippen LogP contribution in [-0.2, 0) is 6.54 Å². The minimum absolute atomic E-state index is 0.448. The number of methoxy groups -OCH3 is 1. The second-order valence-corrected chi connectivity index (χ2v) is 2.45. The Hall–Kier alpha value is -0.730. The third-order valence-corrected chi connectivity index (χ3v) is 1.64. The third kappa shape index (κ3) is 1.85. The standard InChI is InChI=1S/C8H9ClNO/c1-11-8-3-2-6(5-10)4-7(8)9/h2-3H,5,10H2,1H3. The van der Waals surface area contributed by atoms with Gasteiger partial charge in [-0.1, -0.05) is 17.7 Å². The molecular weight excluding hydrogens is 162 g/mol. The first kappa shape index (κ1) is 8.37. The average Bonchev–Trinajstić information content (AvgIpc) is 2.04. The number of ether oxygens (including phenoxy) is 1. The van der Waals surface area contributed by atoms with Gasteiger partial charge in [0.15, 0.2) is 0 Å². The zero-order chi connectivity index (χ0) is 8.27. The van der Waals surface area contributed by atoms with E-state index in [4.69, 9.17) is 22.1 Å². The molecule has 1 aromatic rings. The normalized spacial score (nSPS) is 9.73. The molecule has 0 bridgehead atoms. The van der Waals surface area contributed by atoms with E-state index in [0.717, 1.165) is 5.56 Å². The maximum atomic E-state index is 5.77. The summed E-state index contributed by atoms with van der Waals surface area (Å²) in [5.74, 6) is 0.629. The summed E-state index contributed by atoms with van der Waals surface area (Å²) in [6.07, 6.45) is 0. The number of hydrogen-bond donors (Lipinski definition) is 1. The summed E-state index contributed by atoms with van der Waals surface area (Å²) < 4.78 is 4.94. The van der Waals surface area contributed by atoms with E-state index in [1.165, 1.54) is 0 Å². The van der Waals surface area contributed by atoms with Crippen LogP contribution < -0.4 is 10.5 Å². The summed E-state index contributed by atoms with van der Waals surface area (Å²) in [6, 6.07) is 6.51. The quantitative estimate of drug-likeness (QED) is 0.732. The molecule has 0 aliphatic carbocycles. The van der Waals surface area contributed by atoms with Crippen LogP contribution in [0.5, 0.6) is 5.75 Å². The van der Waals surface area contributed by atoms with Crippen molar-refractivity contribution in [2.75, 3.05) is 7.11 Å². The van der Waals surface area contributed by atoms with E-state index < -0.39 is 0 Å². The van der Waals surface area contributed by atoms with Crippen LogP contribution in [0.25, 0.3) is 0 Å². The van der Waals surface area contributed by atoms with Crippen LogP contribution in [0, 0.1) is 6.07 Å². The van der Waals surface area contributed by atoms with Gasteiger partial charge in [0.1, 0.15) is 5.75 Å². The minimum atomic E-state index is 0.448. The van der Waals surface area contributed by atoms with Crippen molar-refractivity contribution in [1.82, 2.24) is 0 Å². The molecule has 0 aliphatic rings. The molecule has 2 nitrogen and oxygen atoms in total. The lowest BCUT2D eigenvalue weighted by molar-refractivity contribution is 0.415. The Bertz CT molecular complexity index is 250. The predicted molar refractivity (Wildman–Crippen MR) is 44.7 cm³/mol. The summed E-state index contributed by atoms with van der Waals surface area (Å²) in [6.45, 7) is 0.448. The molecule has 0 aliphatic heterocycles. The Balaban J connectivity index is 2.99. The summed E-state index contributed by atoms with van der Waals surface area (Å²) >= 11 is 5.77. The van der Waals surface area contributed by atoms with Gasteiger partial charge in [-0.3, -0.25) is 0 Å². The molecule has 59 valence electrons. The molecule has 0 atom stereocenters. The van der Waals surface area contributed by atoms with Gasteiger partial charge in [0.2, 0.25) is 0 Å². The van der Waals surface area contributed by atoms with Crippen LogP contribution in [0.2, 0.25) is 5.02 Å². The Morgan fingerprint density at radius 3 is 2.82 bits per heavy atom. The lowest BCUT2D eigenvalue weighted by Crippen LogP contribution is -1.96. The largest absolute Gasteiger partial charge is 0.495 e. The fraction of sp³-hybridized carbons (Fsp3) is 0.250. The number of halogens is 1. The van der Waals surface area contributed by atoms with Crippen molar-refractivity contribution < 1.29 is 4.74 Å². The second kappa shape index (κ2) is 3.60. The van der Waals surface area contributed by atoms with Crippen LogP contribution in [0.15, 0.2) is 12.1 Å². The van der Waals surface area contributed by atoms with Gasteiger partial charge in [0.05, 0.1) is 12.1 Å². The van der Waals surface area contributed by atoms with Crippen LogP contribution in [0.4, 0.5) is 0 Å². The molecule has 0 heterocycles. The van der Waals surface area contributed by atoms with Crippen molar-refractivity contribution in [2.45, 2.75) is 6.54 Å². The Morgan fingerprint density at radius 2 is 2.36 bits per heavy atom. The maximum absolute atomic E-state index is 5.77. The van der Waals surface area contributed by atoms with E-state index in [2.05, 4.69) is 6.07 Å². The zero-order valence-corrected chi connectivity index (χ0v) is 6.98. The van der Waals surface area contributed by atoms with Crippen LogP contribution in [0.1, 0.15) is 5.56 Å². The van der Waals surface area contributed by atoms with Crippen molar-refractivity contribution in [3.63, 3.8) is 0 Å². The van der Waals surface area contributed by atoms with Gasteiger partial charge in [-0.05, 0) is 11.6 Å². The van der Waals surface area contributed by atoms with E-state index in [0.29, 0.717) is 17.3 Å². The SMILES string of the molecule is COc1ccc(CN)[c]c1Cl. The van der Waals surface area contributed by atoms with Gasteiger partial charge in [0.25, 0.3) is 0 Å². The van der Waals surface area contributed by atoms with Crippen molar-refractivity contribution in [3.05, 3.63) is 28.8 Å². The molecule has 0 amide bonds. The second-order valence-electron chi connectivity index (χ2n) is 2.07. The highest BCUT2D eigenvalue weighted by Gasteiger charge is 1.99. The third-order valence-electron chi connectivity index (χ3n) is 1.36. The lowest BCUT2D eigenvalue weighted by Gasteiger charge is -2.02. The van der Waals surface area contributed by atoms with Crippen molar-refractivity contribution >= 4 is 11.6 Å². The molecule has 2 N–H and O–H groups in total. The molecule has 0 fully saturated rings. The molecule has 1 radical (unpaired) electrons. The summed E-state index contributed by atoms with van der Waals surface area (Å²) in [5.41, 5.74) is 6.26. The maximum Gasteiger partial charge on any atom is 0.138 e. The Kier molecular flexibility index (Phi) is 2.74. The van der Waals surface area contributed by atoms with Gasteiger partial charge in [0, 0.05) is 12.6 Å². The topological polar surface area (TPSA) is 35.2 Å². The lowest BCUT2D eigenvalue weighted by atomic mass is 10.2. The highest BCUT2D eigenvalue weighted by molar-refractivity contribution is 6.31. The monoisotopic (exact) mass is 170 g/mol. The van der Waals surface area contributed by atoms with E-state index in [9.17, 15) is 0 Å². The molecule has 0 unspecified atom stereocenters. The Labute approximate surface area is 70.9 Å². The molecule has 0 spiro atoms. The van der Waals surface area contributed by atoms with Crippen molar-refractivity contribution in [2.24, 2.45) is 5.73 Å². The molecule has 1 rings (SSSR count). The van der Waals surface area contributed by atoms with Gasteiger partial charge in [-0.15, -0.1) is 0 Å². The molecule has 0 saturated heterocycles. The van der Waals surface area contributed by atoms with Crippen LogP contribution in [-0.4, -0.2) is 7.11 Å². The first-order valence-electron chi connectivity index (χ1n) is 3.22. The van der Waals surface area contributed by atoms with Gasteiger partial charge >= 0.3 is 0 Å². The van der Waals surface area contributed by atoms with E-state index in [1.54, 1.807) is 13.2 Å². The van der Waals surface area contributed by atoms with Crippen LogP contribution in [0.3, 0.4) is 0 Å². The average molecular weight is 171 g/mol.